The van der Waals surface area contributed by atoms with E-state index < -0.39 is 0 Å². The summed E-state index contributed by atoms with van der Waals surface area (Å²) in [6.07, 6.45) is 10.6. The highest BCUT2D eigenvalue weighted by Crippen LogP contribution is 2.08. The van der Waals surface area contributed by atoms with Gasteiger partial charge >= 0.3 is 0 Å². The van der Waals surface area contributed by atoms with Gasteiger partial charge in [0.25, 0.3) is 0 Å². The van der Waals surface area contributed by atoms with Crippen molar-refractivity contribution in [2.24, 2.45) is 0 Å². The highest BCUT2D eigenvalue weighted by Gasteiger charge is 1.99. The van der Waals surface area contributed by atoms with Gasteiger partial charge in [0, 0.05) is 19.4 Å². The maximum atomic E-state index is 11.3. The highest BCUT2D eigenvalue weighted by atomic mass is 16.1. The van der Waals surface area contributed by atoms with Gasteiger partial charge in [0.1, 0.15) is 0 Å². The SMILES string of the molecule is CCCCCCCCCC(=O)NCCCC#N. The van der Waals surface area contributed by atoms with E-state index in [4.69, 9.17) is 5.26 Å². The minimum Gasteiger partial charge on any atom is -0.356 e. The van der Waals surface area contributed by atoms with Crippen LogP contribution >= 0.6 is 0 Å². The predicted molar refractivity (Wildman–Crippen MR) is 70.5 cm³/mol. The van der Waals surface area contributed by atoms with E-state index >= 15 is 0 Å². The van der Waals surface area contributed by atoms with Gasteiger partial charge in [0.15, 0.2) is 0 Å². The lowest BCUT2D eigenvalue weighted by Crippen LogP contribution is -2.23. The van der Waals surface area contributed by atoms with E-state index in [0.29, 0.717) is 19.4 Å². The Morgan fingerprint density at radius 1 is 1.06 bits per heavy atom. The fraction of sp³-hybridized carbons (Fsp3) is 0.857. The van der Waals surface area contributed by atoms with Crippen molar-refractivity contribution < 1.29 is 4.79 Å². The average molecular weight is 238 g/mol. The molecule has 0 heterocycles. The number of unbranched alkanes of at least 4 members (excludes halogenated alkanes) is 7. The van der Waals surface area contributed by atoms with Gasteiger partial charge in [0.2, 0.25) is 5.91 Å². The number of nitrogens with one attached hydrogen (secondary N) is 1. The zero-order valence-electron chi connectivity index (χ0n) is 11.1. The molecule has 0 fully saturated rings. The van der Waals surface area contributed by atoms with Gasteiger partial charge in [-0.2, -0.15) is 5.26 Å². The molecule has 0 saturated carbocycles. The van der Waals surface area contributed by atoms with Crippen molar-refractivity contribution in [1.82, 2.24) is 5.32 Å². The Kier molecular flexibility index (Phi) is 12.2. The van der Waals surface area contributed by atoms with Gasteiger partial charge in [-0.3, -0.25) is 4.79 Å². The van der Waals surface area contributed by atoms with E-state index in [0.717, 1.165) is 19.3 Å². The minimum atomic E-state index is 0.136. The zero-order valence-corrected chi connectivity index (χ0v) is 11.1. The zero-order chi connectivity index (χ0) is 12.8. The Labute approximate surface area is 106 Å². The molecule has 0 aliphatic rings. The third-order valence-electron chi connectivity index (χ3n) is 2.79. The number of carbonyl (C=O) groups is 1. The Bertz CT molecular complexity index is 221. The molecule has 0 saturated heterocycles. The second-order valence-corrected chi connectivity index (χ2v) is 4.48. The van der Waals surface area contributed by atoms with E-state index in [1.54, 1.807) is 0 Å². The van der Waals surface area contributed by atoms with Crippen LogP contribution in [0.3, 0.4) is 0 Å². The van der Waals surface area contributed by atoms with E-state index in [9.17, 15) is 4.79 Å². The number of amides is 1. The van der Waals surface area contributed by atoms with Gasteiger partial charge < -0.3 is 5.32 Å². The highest BCUT2D eigenvalue weighted by molar-refractivity contribution is 5.75. The number of hydrogen-bond acceptors (Lipinski definition) is 2. The molecule has 0 aliphatic heterocycles. The average Bonchev–Trinajstić information content (AvgIpc) is 2.33. The van der Waals surface area contributed by atoms with Gasteiger partial charge in [-0.1, -0.05) is 45.4 Å². The third kappa shape index (κ3) is 12.9. The van der Waals surface area contributed by atoms with Crippen LogP contribution < -0.4 is 5.32 Å². The summed E-state index contributed by atoms with van der Waals surface area (Å²) in [7, 11) is 0. The van der Waals surface area contributed by atoms with Crippen LogP contribution in [0.15, 0.2) is 0 Å². The Morgan fingerprint density at radius 2 is 1.71 bits per heavy atom. The van der Waals surface area contributed by atoms with Crippen LogP contribution in [-0.4, -0.2) is 12.5 Å². The van der Waals surface area contributed by atoms with Crippen molar-refractivity contribution in [3.05, 3.63) is 0 Å². The van der Waals surface area contributed by atoms with Crippen molar-refractivity contribution in [1.29, 1.82) is 5.26 Å². The van der Waals surface area contributed by atoms with Crippen molar-refractivity contribution >= 4 is 5.91 Å². The molecule has 0 unspecified atom stereocenters. The molecular weight excluding hydrogens is 212 g/mol. The largest absolute Gasteiger partial charge is 0.356 e. The molecule has 98 valence electrons. The molecular formula is C14H26N2O. The summed E-state index contributed by atoms with van der Waals surface area (Å²) >= 11 is 0. The molecule has 0 radical (unpaired) electrons. The summed E-state index contributed by atoms with van der Waals surface area (Å²) in [5.74, 6) is 0.136. The third-order valence-corrected chi connectivity index (χ3v) is 2.79. The van der Waals surface area contributed by atoms with Crippen molar-refractivity contribution in [2.75, 3.05) is 6.54 Å². The first-order valence-electron chi connectivity index (χ1n) is 6.95. The van der Waals surface area contributed by atoms with Gasteiger partial charge in [-0.25, -0.2) is 0 Å². The Hall–Kier alpha value is -1.04. The van der Waals surface area contributed by atoms with Crippen LogP contribution in [0.5, 0.6) is 0 Å². The standard InChI is InChI=1S/C14H26N2O/c1-2-3-4-5-6-7-8-11-14(17)16-13-10-9-12-15/h2-11,13H2,1H3,(H,16,17). The maximum Gasteiger partial charge on any atom is 0.219 e. The van der Waals surface area contributed by atoms with Gasteiger partial charge in [0.05, 0.1) is 6.07 Å². The first-order chi connectivity index (χ1) is 8.31. The smallest absolute Gasteiger partial charge is 0.219 e. The summed E-state index contributed by atoms with van der Waals surface area (Å²) in [5, 5.41) is 11.2. The first kappa shape index (κ1) is 16.0. The van der Waals surface area contributed by atoms with Crippen molar-refractivity contribution in [3.63, 3.8) is 0 Å². The van der Waals surface area contributed by atoms with Crippen LogP contribution in [0.4, 0.5) is 0 Å². The summed E-state index contributed by atoms with van der Waals surface area (Å²) < 4.78 is 0. The number of nitriles is 1. The summed E-state index contributed by atoms with van der Waals surface area (Å²) in [4.78, 5) is 11.3. The van der Waals surface area contributed by atoms with Gasteiger partial charge in [-0.05, 0) is 12.8 Å². The van der Waals surface area contributed by atoms with Crippen LogP contribution in [0, 0.1) is 11.3 Å². The summed E-state index contributed by atoms with van der Waals surface area (Å²) in [5.41, 5.74) is 0. The van der Waals surface area contributed by atoms with Crippen LogP contribution in [0.1, 0.15) is 71.1 Å². The van der Waals surface area contributed by atoms with E-state index in [-0.39, 0.29) is 5.91 Å². The molecule has 0 atom stereocenters. The minimum absolute atomic E-state index is 0.136. The molecule has 1 amide bonds. The Balaban J connectivity index is 3.14. The molecule has 0 aromatic carbocycles. The lowest BCUT2D eigenvalue weighted by atomic mass is 10.1. The number of carbonyl (C=O) groups excluding carboxylic acids is 1. The summed E-state index contributed by atoms with van der Waals surface area (Å²) in [6, 6.07) is 2.07. The number of nitrogens with zero attached hydrogens (tertiary/aromatic N) is 1. The van der Waals surface area contributed by atoms with Gasteiger partial charge in [-0.15, -0.1) is 0 Å². The molecule has 17 heavy (non-hydrogen) atoms. The number of hydrogen-bond donors (Lipinski definition) is 1. The van der Waals surface area contributed by atoms with E-state index in [2.05, 4.69) is 18.3 Å². The Morgan fingerprint density at radius 3 is 2.35 bits per heavy atom. The second-order valence-electron chi connectivity index (χ2n) is 4.48. The van der Waals surface area contributed by atoms with Crippen molar-refractivity contribution in [3.8, 4) is 6.07 Å². The lowest BCUT2D eigenvalue weighted by molar-refractivity contribution is -0.121. The molecule has 0 rings (SSSR count). The topological polar surface area (TPSA) is 52.9 Å². The molecule has 0 spiro atoms. The van der Waals surface area contributed by atoms with E-state index in [1.807, 2.05) is 0 Å². The van der Waals surface area contributed by atoms with Crippen molar-refractivity contribution in [2.45, 2.75) is 71.1 Å². The quantitative estimate of drug-likeness (QED) is 0.560. The summed E-state index contributed by atoms with van der Waals surface area (Å²) in [6.45, 7) is 2.86. The molecule has 0 aromatic rings. The monoisotopic (exact) mass is 238 g/mol. The fourth-order valence-electron chi connectivity index (χ4n) is 1.73. The molecule has 0 aromatic heterocycles. The normalized spacial score (nSPS) is 9.88. The molecule has 1 N–H and O–H groups in total. The lowest BCUT2D eigenvalue weighted by Gasteiger charge is -2.03. The van der Waals surface area contributed by atoms with Crippen LogP contribution in [0.2, 0.25) is 0 Å². The maximum absolute atomic E-state index is 11.3. The number of rotatable bonds is 11. The first-order valence-corrected chi connectivity index (χ1v) is 6.95. The molecule has 3 heteroatoms. The molecule has 3 nitrogen and oxygen atoms in total. The van der Waals surface area contributed by atoms with Crippen LogP contribution in [0.25, 0.3) is 0 Å². The van der Waals surface area contributed by atoms with Crippen LogP contribution in [-0.2, 0) is 4.79 Å². The van der Waals surface area contributed by atoms with E-state index in [1.165, 1.54) is 32.1 Å². The predicted octanol–water partition coefficient (Wildman–Crippen LogP) is 3.55. The second kappa shape index (κ2) is 13.0. The molecule has 0 bridgehead atoms. The fourth-order valence-corrected chi connectivity index (χ4v) is 1.73. The molecule has 0 aliphatic carbocycles.